The highest BCUT2D eigenvalue weighted by atomic mass is 35.5. The number of nitrogens with two attached hydrogens (primary N) is 1. The van der Waals surface area contributed by atoms with Crippen LogP contribution in [0.25, 0.3) is 0 Å². The van der Waals surface area contributed by atoms with Gasteiger partial charge in [0.25, 0.3) is 0 Å². The standard InChI is InChI=1S/C30H35Cl2N5O3/c1-19(12-23-13-26(31)15-27(32)14-23)29(37(34)21(3)39)28(24-9-7-22(16-33)8-10-24)18-35(4)30(40)36-11-5-6-25(17-36)20(2)38/h7-10,13-15,25,28-29H,1,5-6,11-12,17-18,34H2,2-4H3. The second kappa shape index (κ2) is 13.8. The molecule has 3 rings (SSSR count). The van der Waals surface area contributed by atoms with Gasteiger partial charge in [-0.15, -0.1) is 0 Å². The summed E-state index contributed by atoms with van der Waals surface area (Å²) in [4.78, 5) is 41.4. The Labute approximate surface area is 245 Å². The molecule has 1 aliphatic heterocycles. The monoisotopic (exact) mass is 583 g/mol. The van der Waals surface area contributed by atoms with Crippen molar-refractivity contribution in [3.63, 3.8) is 0 Å². The Kier molecular flexibility index (Phi) is 10.7. The van der Waals surface area contributed by atoms with E-state index < -0.39 is 12.0 Å². The van der Waals surface area contributed by atoms with Crippen LogP contribution >= 0.6 is 23.2 Å². The van der Waals surface area contributed by atoms with Crippen LogP contribution in [0.4, 0.5) is 4.79 Å². The highest BCUT2D eigenvalue weighted by molar-refractivity contribution is 6.34. The molecule has 0 bridgehead atoms. The molecule has 0 aliphatic carbocycles. The second-order valence-electron chi connectivity index (χ2n) is 10.4. The number of hydrogen-bond acceptors (Lipinski definition) is 5. The summed E-state index contributed by atoms with van der Waals surface area (Å²) in [5.41, 5.74) is 2.69. The number of carbonyl (C=O) groups is 3. The predicted octanol–water partition coefficient (Wildman–Crippen LogP) is 5.19. The zero-order valence-corrected chi connectivity index (χ0v) is 24.6. The number of piperidine rings is 1. The Bertz CT molecular complexity index is 1290. The first kappa shape index (κ1) is 31.2. The molecule has 1 heterocycles. The highest BCUT2D eigenvalue weighted by Crippen LogP contribution is 2.32. The Morgan fingerprint density at radius 1 is 1.15 bits per heavy atom. The summed E-state index contributed by atoms with van der Waals surface area (Å²) in [5, 5.41) is 11.4. The number of benzene rings is 2. The molecule has 2 N–H and O–H groups in total. The molecular formula is C30H35Cl2N5O3. The summed E-state index contributed by atoms with van der Waals surface area (Å²) in [7, 11) is 1.70. The maximum atomic E-state index is 13.5. The van der Waals surface area contributed by atoms with E-state index in [0.29, 0.717) is 40.7 Å². The van der Waals surface area contributed by atoms with Crippen molar-refractivity contribution in [3.05, 3.63) is 81.4 Å². The van der Waals surface area contributed by atoms with Gasteiger partial charge < -0.3 is 9.80 Å². The quantitative estimate of drug-likeness (QED) is 0.189. The Hall–Kier alpha value is -3.38. The van der Waals surface area contributed by atoms with E-state index in [1.165, 1.54) is 6.92 Å². The lowest BCUT2D eigenvalue weighted by molar-refractivity contribution is -0.131. The van der Waals surface area contributed by atoms with Crippen molar-refractivity contribution in [2.45, 2.75) is 45.1 Å². The molecule has 212 valence electrons. The lowest BCUT2D eigenvalue weighted by atomic mass is 9.84. The Morgan fingerprint density at radius 2 is 1.77 bits per heavy atom. The number of likely N-dealkylation sites (N-methyl/N-ethyl adjacent to an activating group) is 1. The predicted molar refractivity (Wildman–Crippen MR) is 157 cm³/mol. The molecule has 0 aromatic heterocycles. The van der Waals surface area contributed by atoms with E-state index in [1.807, 2.05) is 0 Å². The van der Waals surface area contributed by atoms with Crippen molar-refractivity contribution in [1.82, 2.24) is 14.8 Å². The van der Waals surface area contributed by atoms with E-state index >= 15 is 0 Å². The topological polar surface area (TPSA) is 111 Å². The van der Waals surface area contributed by atoms with Crippen LogP contribution in [0, 0.1) is 17.2 Å². The lowest BCUT2D eigenvalue weighted by Gasteiger charge is -2.39. The van der Waals surface area contributed by atoms with Crippen LogP contribution in [0.15, 0.2) is 54.6 Å². The minimum absolute atomic E-state index is 0.0772. The molecule has 3 unspecified atom stereocenters. The third-order valence-corrected chi connectivity index (χ3v) is 7.78. The van der Waals surface area contributed by atoms with E-state index in [2.05, 4.69) is 12.6 Å². The van der Waals surface area contributed by atoms with Gasteiger partial charge >= 0.3 is 6.03 Å². The summed E-state index contributed by atoms with van der Waals surface area (Å²) in [6.45, 7) is 8.38. The number of urea groups is 1. The molecule has 1 aliphatic rings. The van der Waals surface area contributed by atoms with Crippen LogP contribution in [0.1, 0.15) is 49.3 Å². The van der Waals surface area contributed by atoms with Crippen molar-refractivity contribution in [2.75, 3.05) is 26.7 Å². The van der Waals surface area contributed by atoms with Gasteiger partial charge in [0.2, 0.25) is 5.91 Å². The number of nitrogens with zero attached hydrogens (tertiary/aromatic N) is 4. The first-order chi connectivity index (χ1) is 18.9. The molecular weight excluding hydrogens is 549 g/mol. The van der Waals surface area contributed by atoms with Crippen LogP contribution in [0.2, 0.25) is 10.0 Å². The Morgan fingerprint density at radius 3 is 2.33 bits per heavy atom. The second-order valence-corrected chi connectivity index (χ2v) is 11.3. The van der Waals surface area contributed by atoms with Crippen LogP contribution in [0.3, 0.4) is 0 Å². The average molecular weight is 585 g/mol. The number of Topliss-reactive ketones (excluding diaryl/α,β-unsaturated/α-hetero) is 1. The highest BCUT2D eigenvalue weighted by Gasteiger charge is 2.35. The fourth-order valence-electron chi connectivity index (χ4n) is 5.24. The average Bonchev–Trinajstić information content (AvgIpc) is 2.91. The molecule has 0 radical (unpaired) electrons. The number of amides is 3. The number of hydrogen-bond donors (Lipinski definition) is 1. The minimum Gasteiger partial charge on any atom is -0.327 e. The van der Waals surface area contributed by atoms with E-state index in [-0.39, 0.29) is 30.2 Å². The summed E-state index contributed by atoms with van der Waals surface area (Å²) >= 11 is 12.4. The number of nitriles is 1. The van der Waals surface area contributed by atoms with Crippen molar-refractivity contribution >= 4 is 40.9 Å². The first-order valence-electron chi connectivity index (χ1n) is 13.1. The third-order valence-electron chi connectivity index (χ3n) is 7.35. The van der Waals surface area contributed by atoms with Gasteiger partial charge in [-0.05, 0) is 73.2 Å². The molecule has 1 fully saturated rings. The van der Waals surface area contributed by atoms with Crippen molar-refractivity contribution in [3.8, 4) is 6.07 Å². The molecule has 0 saturated carbocycles. The van der Waals surface area contributed by atoms with Crippen molar-refractivity contribution in [1.29, 1.82) is 5.26 Å². The SMILES string of the molecule is C=C(Cc1cc(Cl)cc(Cl)c1)C(C(CN(C)C(=O)N1CCCC(C(C)=O)C1)c1ccc(C#N)cc1)N(N)C(C)=O. The van der Waals surface area contributed by atoms with Gasteiger partial charge in [0, 0.05) is 55.5 Å². The Balaban J connectivity index is 1.98. The minimum atomic E-state index is -0.704. The molecule has 3 atom stereocenters. The number of ketones is 1. The largest absolute Gasteiger partial charge is 0.327 e. The van der Waals surface area contributed by atoms with Gasteiger partial charge in [0.05, 0.1) is 17.7 Å². The molecule has 2 aromatic carbocycles. The van der Waals surface area contributed by atoms with E-state index in [4.69, 9.17) is 29.0 Å². The van der Waals surface area contributed by atoms with Gasteiger partial charge in [-0.2, -0.15) is 5.26 Å². The number of rotatable bonds is 9. The molecule has 3 amide bonds. The smallest absolute Gasteiger partial charge is 0.319 e. The zero-order chi connectivity index (χ0) is 29.6. The summed E-state index contributed by atoms with van der Waals surface area (Å²) < 4.78 is 0. The van der Waals surface area contributed by atoms with Crippen molar-refractivity contribution in [2.24, 2.45) is 11.8 Å². The third kappa shape index (κ3) is 7.85. The van der Waals surface area contributed by atoms with Crippen LogP contribution < -0.4 is 5.84 Å². The number of hydrazine groups is 1. The van der Waals surface area contributed by atoms with Gasteiger partial charge in [-0.1, -0.05) is 41.9 Å². The van der Waals surface area contributed by atoms with E-state index in [0.717, 1.165) is 29.0 Å². The zero-order valence-electron chi connectivity index (χ0n) is 23.1. The number of carbonyl (C=O) groups excluding carboxylic acids is 3. The van der Waals surface area contributed by atoms with Crippen LogP contribution in [-0.2, 0) is 16.0 Å². The van der Waals surface area contributed by atoms with E-state index in [1.54, 1.807) is 66.2 Å². The maximum Gasteiger partial charge on any atom is 0.319 e. The number of halogens is 2. The normalized spacial score (nSPS) is 16.4. The number of likely N-dealkylation sites (tertiary alicyclic amines) is 1. The summed E-state index contributed by atoms with van der Waals surface area (Å²) in [6, 6.07) is 13.4. The lowest BCUT2D eigenvalue weighted by Crippen LogP contribution is -2.53. The van der Waals surface area contributed by atoms with E-state index in [9.17, 15) is 19.6 Å². The van der Waals surface area contributed by atoms with Crippen LogP contribution in [-0.4, -0.2) is 65.3 Å². The fourth-order valence-corrected chi connectivity index (χ4v) is 5.81. The molecule has 0 spiro atoms. The molecule has 1 saturated heterocycles. The molecule has 2 aromatic rings. The fraction of sp³-hybridized carbons (Fsp3) is 0.400. The first-order valence-corrected chi connectivity index (χ1v) is 13.8. The maximum absolute atomic E-state index is 13.5. The van der Waals surface area contributed by atoms with Crippen LogP contribution in [0.5, 0.6) is 0 Å². The van der Waals surface area contributed by atoms with Gasteiger partial charge in [0.15, 0.2) is 0 Å². The molecule has 40 heavy (non-hydrogen) atoms. The van der Waals surface area contributed by atoms with Gasteiger partial charge in [0.1, 0.15) is 5.78 Å². The molecule has 8 nitrogen and oxygen atoms in total. The summed E-state index contributed by atoms with van der Waals surface area (Å²) in [6.07, 6.45) is 1.86. The summed E-state index contributed by atoms with van der Waals surface area (Å²) in [5.74, 6) is 5.44. The van der Waals surface area contributed by atoms with Gasteiger partial charge in [-0.3, -0.25) is 14.6 Å². The molecule has 10 heteroatoms. The van der Waals surface area contributed by atoms with Gasteiger partial charge in [-0.25, -0.2) is 10.6 Å². The van der Waals surface area contributed by atoms with Crippen molar-refractivity contribution < 1.29 is 14.4 Å².